The Morgan fingerprint density at radius 3 is 2.57 bits per heavy atom. The molecule has 5 nitrogen and oxygen atoms in total. The third kappa shape index (κ3) is 2.92. The Balaban J connectivity index is 1.68. The van der Waals surface area contributed by atoms with E-state index in [9.17, 15) is 9.59 Å². The Morgan fingerprint density at radius 2 is 1.96 bits per heavy atom. The van der Waals surface area contributed by atoms with Crippen LogP contribution < -0.4 is 0 Å². The summed E-state index contributed by atoms with van der Waals surface area (Å²) in [6.07, 6.45) is 1.21. The summed E-state index contributed by atoms with van der Waals surface area (Å²) in [6.45, 7) is 7.33. The number of nitrogens with zero attached hydrogens (tertiary/aromatic N) is 2. The molecule has 3 rings (SSSR count). The van der Waals surface area contributed by atoms with E-state index >= 15 is 0 Å². The average Bonchev–Trinajstić information content (AvgIpc) is 2.93. The van der Waals surface area contributed by atoms with Crippen molar-refractivity contribution in [2.45, 2.75) is 51.3 Å². The van der Waals surface area contributed by atoms with Gasteiger partial charge in [0.05, 0.1) is 6.54 Å². The standard InChI is InChI=1S/C18H24N2O3/c1-17(2,3)23-16(22)20-11-7-10-18(20)13-19(15(18)21)12-14-8-5-4-6-9-14/h4-6,8-9H,7,10-13H2,1-3H3/t18-/m0/s1. The first-order valence-electron chi connectivity index (χ1n) is 8.16. The fourth-order valence-electron chi connectivity index (χ4n) is 3.44. The lowest BCUT2D eigenvalue weighted by atomic mass is 9.85. The first-order valence-corrected chi connectivity index (χ1v) is 8.16. The Kier molecular flexibility index (Phi) is 3.82. The summed E-state index contributed by atoms with van der Waals surface area (Å²) in [5.41, 5.74) is -0.105. The molecule has 0 radical (unpaired) electrons. The number of ether oxygens (including phenoxy) is 1. The van der Waals surface area contributed by atoms with Crippen molar-refractivity contribution < 1.29 is 14.3 Å². The zero-order valence-corrected chi connectivity index (χ0v) is 14.0. The van der Waals surface area contributed by atoms with Crippen LogP contribution in [0.1, 0.15) is 39.2 Å². The average molecular weight is 316 g/mol. The molecular weight excluding hydrogens is 292 g/mol. The molecule has 1 spiro atoms. The Morgan fingerprint density at radius 1 is 1.26 bits per heavy atom. The van der Waals surface area contributed by atoms with E-state index in [4.69, 9.17) is 4.74 Å². The maximum absolute atomic E-state index is 12.7. The largest absolute Gasteiger partial charge is 0.444 e. The van der Waals surface area contributed by atoms with E-state index in [1.807, 2.05) is 56.0 Å². The second-order valence-electron chi connectivity index (χ2n) is 7.41. The van der Waals surface area contributed by atoms with Crippen molar-refractivity contribution in [2.24, 2.45) is 0 Å². The highest BCUT2D eigenvalue weighted by molar-refractivity contribution is 5.96. The van der Waals surface area contributed by atoms with Crippen LogP contribution in [-0.4, -0.2) is 46.0 Å². The van der Waals surface area contributed by atoms with Gasteiger partial charge >= 0.3 is 6.09 Å². The van der Waals surface area contributed by atoms with Gasteiger partial charge in [0.1, 0.15) is 11.1 Å². The molecule has 0 bridgehead atoms. The summed E-state index contributed by atoms with van der Waals surface area (Å²) in [4.78, 5) is 28.6. The molecule has 124 valence electrons. The molecule has 2 heterocycles. The SMILES string of the molecule is CC(C)(C)OC(=O)N1CCC[C@@]12CN(Cc1ccccc1)C2=O. The molecule has 0 aliphatic carbocycles. The van der Waals surface area contributed by atoms with Gasteiger partial charge in [0.25, 0.3) is 5.91 Å². The first kappa shape index (κ1) is 15.8. The molecule has 1 atom stereocenters. The van der Waals surface area contributed by atoms with Crippen LogP contribution in [0.15, 0.2) is 30.3 Å². The summed E-state index contributed by atoms with van der Waals surface area (Å²) >= 11 is 0. The van der Waals surface area contributed by atoms with Crippen molar-refractivity contribution in [3.63, 3.8) is 0 Å². The lowest BCUT2D eigenvalue weighted by molar-refractivity contribution is -0.161. The minimum Gasteiger partial charge on any atom is -0.444 e. The van der Waals surface area contributed by atoms with Crippen LogP contribution in [0.2, 0.25) is 0 Å². The molecule has 2 amide bonds. The van der Waals surface area contributed by atoms with E-state index in [2.05, 4.69) is 0 Å². The van der Waals surface area contributed by atoms with Crippen LogP contribution in [0.25, 0.3) is 0 Å². The minimum absolute atomic E-state index is 0.0460. The van der Waals surface area contributed by atoms with Crippen LogP contribution in [0.3, 0.4) is 0 Å². The second kappa shape index (κ2) is 5.55. The summed E-state index contributed by atoms with van der Waals surface area (Å²) in [6, 6.07) is 9.93. The van der Waals surface area contributed by atoms with E-state index < -0.39 is 11.1 Å². The number of β-lactam (4-membered cyclic amide) rings is 1. The van der Waals surface area contributed by atoms with Gasteiger partial charge in [-0.3, -0.25) is 9.69 Å². The van der Waals surface area contributed by atoms with Crippen molar-refractivity contribution >= 4 is 12.0 Å². The quantitative estimate of drug-likeness (QED) is 0.788. The number of amides is 2. The highest BCUT2D eigenvalue weighted by Crippen LogP contribution is 2.40. The van der Waals surface area contributed by atoms with Gasteiger partial charge in [0, 0.05) is 13.1 Å². The van der Waals surface area contributed by atoms with Gasteiger partial charge < -0.3 is 9.64 Å². The number of rotatable bonds is 2. The first-order chi connectivity index (χ1) is 10.8. The van der Waals surface area contributed by atoms with Gasteiger partial charge in [0.2, 0.25) is 0 Å². The van der Waals surface area contributed by atoms with Crippen LogP contribution in [-0.2, 0) is 16.1 Å². The zero-order chi connectivity index (χ0) is 16.7. The van der Waals surface area contributed by atoms with E-state index in [0.717, 1.165) is 18.4 Å². The molecule has 1 aromatic carbocycles. The normalized spacial score (nSPS) is 24.0. The zero-order valence-electron chi connectivity index (χ0n) is 14.0. The van der Waals surface area contributed by atoms with Crippen molar-refractivity contribution in [2.75, 3.05) is 13.1 Å². The number of carbonyl (C=O) groups excluding carboxylic acids is 2. The topological polar surface area (TPSA) is 49.9 Å². The molecule has 2 aliphatic heterocycles. The predicted octanol–water partition coefficient (Wildman–Crippen LogP) is 2.80. The molecular formula is C18H24N2O3. The lowest BCUT2D eigenvalue weighted by Crippen LogP contribution is -2.72. The molecule has 1 aromatic rings. The number of likely N-dealkylation sites (tertiary alicyclic amines) is 2. The van der Waals surface area contributed by atoms with Crippen LogP contribution in [0.4, 0.5) is 4.79 Å². The van der Waals surface area contributed by atoms with Gasteiger partial charge in [-0.05, 0) is 39.2 Å². The number of hydrogen-bond donors (Lipinski definition) is 0. The fraction of sp³-hybridized carbons (Fsp3) is 0.556. The van der Waals surface area contributed by atoms with Crippen molar-refractivity contribution in [1.29, 1.82) is 0 Å². The second-order valence-corrected chi connectivity index (χ2v) is 7.41. The minimum atomic E-state index is -0.670. The van der Waals surface area contributed by atoms with Crippen molar-refractivity contribution in [3.8, 4) is 0 Å². The Labute approximate surface area is 137 Å². The van der Waals surface area contributed by atoms with Crippen LogP contribution >= 0.6 is 0 Å². The summed E-state index contributed by atoms with van der Waals surface area (Å²) in [5.74, 6) is 0.0460. The van der Waals surface area contributed by atoms with E-state index in [1.165, 1.54) is 0 Å². The molecule has 2 fully saturated rings. The number of carbonyl (C=O) groups is 2. The fourth-order valence-corrected chi connectivity index (χ4v) is 3.44. The molecule has 0 aromatic heterocycles. The molecule has 0 unspecified atom stereocenters. The number of hydrogen-bond acceptors (Lipinski definition) is 3. The highest BCUT2D eigenvalue weighted by Gasteiger charge is 2.60. The number of benzene rings is 1. The lowest BCUT2D eigenvalue weighted by Gasteiger charge is -2.51. The predicted molar refractivity (Wildman–Crippen MR) is 86.8 cm³/mol. The smallest absolute Gasteiger partial charge is 0.411 e. The van der Waals surface area contributed by atoms with E-state index in [1.54, 1.807) is 4.90 Å². The maximum atomic E-state index is 12.7. The molecule has 2 aliphatic rings. The highest BCUT2D eigenvalue weighted by atomic mass is 16.6. The van der Waals surface area contributed by atoms with E-state index in [-0.39, 0.29) is 12.0 Å². The summed E-state index contributed by atoms with van der Waals surface area (Å²) in [5, 5.41) is 0. The van der Waals surface area contributed by atoms with Crippen molar-refractivity contribution in [1.82, 2.24) is 9.80 Å². The van der Waals surface area contributed by atoms with Gasteiger partial charge in [-0.15, -0.1) is 0 Å². The molecule has 5 heteroatoms. The Hall–Kier alpha value is -2.04. The third-order valence-electron chi connectivity index (χ3n) is 4.46. The van der Waals surface area contributed by atoms with Crippen LogP contribution in [0, 0.1) is 0 Å². The van der Waals surface area contributed by atoms with Gasteiger partial charge in [-0.25, -0.2) is 4.79 Å². The molecule has 0 saturated carbocycles. The maximum Gasteiger partial charge on any atom is 0.411 e. The Bertz CT molecular complexity index is 608. The summed E-state index contributed by atoms with van der Waals surface area (Å²) in [7, 11) is 0. The van der Waals surface area contributed by atoms with Gasteiger partial charge in [-0.2, -0.15) is 0 Å². The van der Waals surface area contributed by atoms with Gasteiger partial charge in [-0.1, -0.05) is 30.3 Å². The van der Waals surface area contributed by atoms with E-state index in [0.29, 0.717) is 19.6 Å². The van der Waals surface area contributed by atoms with Crippen molar-refractivity contribution in [3.05, 3.63) is 35.9 Å². The molecule has 23 heavy (non-hydrogen) atoms. The monoisotopic (exact) mass is 316 g/mol. The van der Waals surface area contributed by atoms with Crippen LogP contribution in [0.5, 0.6) is 0 Å². The van der Waals surface area contributed by atoms with Gasteiger partial charge in [0.15, 0.2) is 0 Å². The molecule has 2 saturated heterocycles. The summed E-state index contributed by atoms with van der Waals surface area (Å²) < 4.78 is 5.47. The molecule has 0 N–H and O–H groups in total. The third-order valence-corrected chi connectivity index (χ3v) is 4.46.